The van der Waals surface area contributed by atoms with E-state index >= 15 is 0 Å². The van der Waals surface area contributed by atoms with Crippen LogP contribution >= 0.6 is 0 Å². The van der Waals surface area contributed by atoms with Gasteiger partial charge in [0, 0.05) is 18.5 Å². The summed E-state index contributed by atoms with van der Waals surface area (Å²) in [6.45, 7) is 5.07. The standard InChI is InChI=1S/C17H18N2O/c1-3-19-15-9-8-12(2)10-14(15)18-17(19)11-13-6-4-5-7-16(13)20/h4-10,20H,3,11H2,1-2H3. The number of aromatic hydroxyl groups is 1. The molecule has 0 aliphatic rings. The van der Waals surface area contributed by atoms with E-state index in [9.17, 15) is 5.11 Å². The molecule has 0 saturated carbocycles. The smallest absolute Gasteiger partial charge is 0.119 e. The van der Waals surface area contributed by atoms with Gasteiger partial charge in [0.05, 0.1) is 11.0 Å². The average molecular weight is 266 g/mol. The van der Waals surface area contributed by atoms with Gasteiger partial charge in [0.2, 0.25) is 0 Å². The van der Waals surface area contributed by atoms with E-state index in [0.717, 1.165) is 29.0 Å². The predicted molar refractivity (Wildman–Crippen MR) is 81.1 cm³/mol. The van der Waals surface area contributed by atoms with Crippen molar-refractivity contribution < 1.29 is 5.11 Å². The molecule has 1 heterocycles. The van der Waals surface area contributed by atoms with Crippen molar-refractivity contribution in [3.8, 4) is 5.75 Å². The molecule has 3 rings (SSSR count). The number of fused-ring (bicyclic) bond motifs is 1. The van der Waals surface area contributed by atoms with Crippen molar-refractivity contribution >= 4 is 11.0 Å². The van der Waals surface area contributed by atoms with E-state index in [4.69, 9.17) is 4.98 Å². The fraction of sp³-hybridized carbons (Fsp3) is 0.235. The predicted octanol–water partition coefficient (Wildman–Crippen LogP) is 3.66. The fourth-order valence-corrected chi connectivity index (χ4v) is 2.61. The number of para-hydroxylation sites is 1. The van der Waals surface area contributed by atoms with Crippen molar-refractivity contribution in [3.05, 3.63) is 59.4 Å². The summed E-state index contributed by atoms with van der Waals surface area (Å²) in [5, 5.41) is 9.92. The van der Waals surface area contributed by atoms with Crippen LogP contribution in [0.1, 0.15) is 23.9 Å². The van der Waals surface area contributed by atoms with Crippen LogP contribution in [0.25, 0.3) is 11.0 Å². The first-order valence-corrected chi connectivity index (χ1v) is 6.91. The number of aromatic nitrogens is 2. The number of hydrogen-bond donors (Lipinski definition) is 1. The minimum absolute atomic E-state index is 0.332. The summed E-state index contributed by atoms with van der Waals surface area (Å²) < 4.78 is 2.21. The monoisotopic (exact) mass is 266 g/mol. The molecule has 3 aromatic rings. The number of nitrogens with zero attached hydrogens (tertiary/aromatic N) is 2. The summed E-state index contributed by atoms with van der Waals surface area (Å²) >= 11 is 0. The number of hydrogen-bond acceptors (Lipinski definition) is 2. The Labute approximate surface area is 118 Å². The molecule has 0 saturated heterocycles. The van der Waals surface area contributed by atoms with Gasteiger partial charge in [-0.2, -0.15) is 0 Å². The topological polar surface area (TPSA) is 38.0 Å². The zero-order chi connectivity index (χ0) is 14.1. The van der Waals surface area contributed by atoms with Gasteiger partial charge in [-0.05, 0) is 37.6 Å². The normalized spacial score (nSPS) is 11.1. The number of rotatable bonds is 3. The van der Waals surface area contributed by atoms with Crippen molar-refractivity contribution in [2.75, 3.05) is 0 Å². The Bertz CT molecular complexity index is 759. The SMILES string of the molecule is CCn1c(Cc2ccccc2O)nc2cc(C)ccc21. The maximum absolute atomic E-state index is 9.92. The molecule has 2 aromatic carbocycles. The van der Waals surface area contributed by atoms with Crippen molar-refractivity contribution in [3.63, 3.8) is 0 Å². The first kappa shape index (κ1) is 12.7. The van der Waals surface area contributed by atoms with Crippen LogP contribution in [0.2, 0.25) is 0 Å². The molecule has 0 fully saturated rings. The Morgan fingerprint density at radius 1 is 1.15 bits per heavy atom. The fourth-order valence-electron chi connectivity index (χ4n) is 2.61. The van der Waals surface area contributed by atoms with Gasteiger partial charge in [-0.15, -0.1) is 0 Å². The lowest BCUT2D eigenvalue weighted by molar-refractivity contribution is 0.468. The molecule has 0 aliphatic carbocycles. The Hall–Kier alpha value is -2.29. The van der Waals surface area contributed by atoms with Crippen molar-refractivity contribution in [2.45, 2.75) is 26.8 Å². The molecule has 3 heteroatoms. The second kappa shape index (κ2) is 5.00. The highest BCUT2D eigenvalue weighted by molar-refractivity contribution is 5.77. The third-order valence-electron chi connectivity index (χ3n) is 3.64. The van der Waals surface area contributed by atoms with E-state index in [2.05, 4.69) is 36.6 Å². The highest BCUT2D eigenvalue weighted by Crippen LogP contribution is 2.23. The molecule has 0 aliphatic heterocycles. The van der Waals surface area contributed by atoms with Crippen LogP contribution in [0.4, 0.5) is 0 Å². The Balaban J connectivity index is 2.09. The van der Waals surface area contributed by atoms with Gasteiger partial charge in [0.15, 0.2) is 0 Å². The Morgan fingerprint density at radius 2 is 1.95 bits per heavy atom. The van der Waals surface area contributed by atoms with Crippen molar-refractivity contribution in [2.24, 2.45) is 0 Å². The molecule has 0 unspecified atom stereocenters. The van der Waals surface area contributed by atoms with Gasteiger partial charge in [-0.3, -0.25) is 0 Å². The first-order chi connectivity index (χ1) is 9.69. The number of phenolic OH excluding ortho intramolecular Hbond substituents is 1. The maximum Gasteiger partial charge on any atom is 0.119 e. The molecule has 1 aromatic heterocycles. The largest absolute Gasteiger partial charge is 0.508 e. The molecule has 0 bridgehead atoms. The van der Waals surface area contributed by atoms with Crippen molar-refractivity contribution in [1.29, 1.82) is 0 Å². The number of phenols is 1. The summed E-state index contributed by atoms with van der Waals surface area (Å²) in [7, 11) is 0. The van der Waals surface area contributed by atoms with Gasteiger partial charge in [-0.25, -0.2) is 4.98 Å². The second-order valence-electron chi connectivity index (χ2n) is 5.07. The molecular weight excluding hydrogens is 248 g/mol. The minimum atomic E-state index is 0.332. The lowest BCUT2D eigenvalue weighted by atomic mass is 10.1. The highest BCUT2D eigenvalue weighted by Gasteiger charge is 2.11. The van der Waals surface area contributed by atoms with E-state index in [0.29, 0.717) is 12.2 Å². The lowest BCUT2D eigenvalue weighted by Gasteiger charge is -2.07. The molecule has 3 nitrogen and oxygen atoms in total. The third-order valence-corrected chi connectivity index (χ3v) is 3.64. The number of aryl methyl sites for hydroxylation is 2. The average Bonchev–Trinajstić information content (AvgIpc) is 2.77. The summed E-state index contributed by atoms with van der Waals surface area (Å²) in [5.41, 5.74) is 4.31. The quantitative estimate of drug-likeness (QED) is 0.785. The summed E-state index contributed by atoms with van der Waals surface area (Å²) in [6.07, 6.45) is 0.647. The number of imidazole rings is 1. The molecule has 1 N–H and O–H groups in total. The van der Waals surface area contributed by atoms with Crippen LogP contribution in [-0.2, 0) is 13.0 Å². The molecule has 0 radical (unpaired) electrons. The molecule has 0 spiro atoms. The van der Waals surface area contributed by atoms with E-state index in [-0.39, 0.29) is 0 Å². The van der Waals surface area contributed by atoms with Gasteiger partial charge in [0.25, 0.3) is 0 Å². The maximum atomic E-state index is 9.92. The Morgan fingerprint density at radius 3 is 2.70 bits per heavy atom. The molecule has 102 valence electrons. The van der Waals surface area contributed by atoms with Crippen LogP contribution < -0.4 is 0 Å². The van der Waals surface area contributed by atoms with Crippen LogP contribution in [0.5, 0.6) is 5.75 Å². The van der Waals surface area contributed by atoms with E-state index in [1.807, 2.05) is 18.2 Å². The third kappa shape index (κ3) is 2.16. The zero-order valence-corrected chi connectivity index (χ0v) is 11.8. The summed E-state index contributed by atoms with van der Waals surface area (Å²) in [4.78, 5) is 4.73. The van der Waals surface area contributed by atoms with Crippen LogP contribution in [-0.4, -0.2) is 14.7 Å². The Kier molecular flexibility index (Phi) is 3.18. The van der Waals surface area contributed by atoms with Crippen LogP contribution in [0, 0.1) is 6.92 Å². The summed E-state index contributed by atoms with van der Waals surface area (Å²) in [5.74, 6) is 1.33. The second-order valence-corrected chi connectivity index (χ2v) is 5.07. The van der Waals surface area contributed by atoms with Crippen LogP contribution in [0.3, 0.4) is 0 Å². The molecule has 0 amide bonds. The summed E-state index contributed by atoms with van der Waals surface area (Å²) in [6, 6.07) is 13.8. The van der Waals surface area contributed by atoms with Gasteiger partial charge < -0.3 is 9.67 Å². The van der Waals surface area contributed by atoms with E-state index in [1.54, 1.807) is 6.07 Å². The van der Waals surface area contributed by atoms with E-state index in [1.165, 1.54) is 5.56 Å². The zero-order valence-electron chi connectivity index (χ0n) is 11.8. The molecular formula is C17H18N2O. The minimum Gasteiger partial charge on any atom is -0.508 e. The van der Waals surface area contributed by atoms with Gasteiger partial charge >= 0.3 is 0 Å². The highest BCUT2D eigenvalue weighted by atomic mass is 16.3. The van der Waals surface area contributed by atoms with Gasteiger partial charge in [-0.1, -0.05) is 24.3 Å². The number of benzene rings is 2. The van der Waals surface area contributed by atoms with Crippen LogP contribution in [0.15, 0.2) is 42.5 Å². The molecule has 20 heavy (non-hydrogen) atoms. The molecule has 0 atom stereocenters. The van der Waals surface area contributed by atoms with Crippen molar-refractivity contribution in [1.82, 2.24) is 9.55 Å². The lowest BCUT2D eigenvalue weighted by Crippen LogP contribution is -2.02. The van der Waals surface area contributed by atoms with E-state index < -0.39 is 0 Å². The van der Waals surface area contributed by atoms with Gasteiger partial charge in [0.1, 0.15) is 11.6 Å². The first-order valence-electron chi connectivity index (χ1n) is 6.91.